The van der Waals surface area contributed by atoms with Crippen molar-refractivity contribution in [2.75, 3.05) is 5.32 Å². The van der Waals surface area contributed by atoms with Crippen molar-refractivity contribution in [2.45, 2.75) is 0 Å². The number of halogens is 1. The van der Waals surface area contributed by atoms with Gasteiger partial charge in [0.05, 0.1) is 4.92 Å². The third-order valence-corrected chi connectivity index (χ3v) is 2.29. The molecule has 3 N–H and O–H groups in total. The molecule has 20 heavy (non-hydrogen) atoms. The van der Waals surface area contributed by atoms with Gasteiger partial charge < -0.3 is 11.1 Å². The van der Waals surface area contributed by atoms with Crippen LogP contribution in [0.25, 0.3) is 0 Å². The summed E-state index contributed by atoms with van der Waals surface area (Å²) in [5, 5.41) is 13.2. The zero-order valence-electron chi connectivity index (χ0n) is 10.2. The molecule has 1 heterocycles. The molecule has 0 saturated carbocycles. The van der Waals surface area contributed by atoms with E-state index in [4.69, 9.17) is 5.73 Å². The van der Waals surface area contributed by atoms with Gasteiger partial charge >= 0.3 is 0 Å². The lowest BCUT2D eigenvalue weighted by Crippen LogP contribution is -2.21. The van der Waals surface area contributed by atoms with E-state index in [1.807, 2.05) is 0 Å². The molecule has 0 spiro atoms. The Morgan fingerprint density at radius 3 is 2.55 bits per heavy atom. The molecule has 0 aliphatic rings. The second-order valence-corrected chi connectivity index (χ2v) is 3.76. The van der Waals surface area contributed by atoms with Gasteiger partial charge in [-0.25, -0.2) is 9.37 Å². The van der Waals surface area contributed by atoms with Crippen molar-refractivity contribution >= 4 is 23.2 Å². The summed E-state index contributed by atoms with van der Waals surface area (Å²) in [5.41, 5.74) is 6.08. The number of nitrogens with zero attached hydrogens (tertiary/aromatic N) is 3. The zero-order chi connectivity index (χ0) is 14.5. The number of rotatable bonds is 3. The van der Waals surface area contributed by atoms with Gasteiger partial charge in [-0.05, 0) is 30.3 Å². The van der Waals surface area contributed by atoms with E-state index >= 15 is 0 Å². The van der Waals surface area contributed by atoms with Crippen molar-refractivity contribution in [1.29, 1.82) is 0 Å². The van der Waals surface area contributed by atoms with Crippen LogP contribution in [0.15, 0.2) is 47.6 Å². The summed E-state index contributed by atoms with van der Waals surface area (Å²) in [6.07, 6.45) is 1.09. The van der Waals surface area contributed by atoms with Crippen molar-refractivity contribution in [3.8, 4) is 0 Å². The molecular formula is C12H10FN5O2. The smallest absolute Gasteiger partial charge is 0.287 e. The number of aromatic nitrogens is 1. The van der Waals surface area contributed by atoms with E-state index < -0.39 is 4.92 Å². The largest absolute Gasteiger partial charge is 0.369 e. The Morgan fingerprint density at radius 1 is 1.30 bits per heavy atom. The number of anilines is 1. The predicted molar refractivity (Wildman–Crippen MR) is 72.2 cm³/mol. The molecule has 0 aliphatic carbocycles. The topological polar surface area (TPSA) is 106 Å². The van der Waals surface area contributed by atoms with Crippen LogP contribution in [0.4, 0.5) is 21.6 Å². The van der Waals surface area contributed by atoms with Crippen molar-refractivity contribution in [1.82, 2.24) is 4.98 Å². The number of pyridine rings is 1. The lowest BCUT2D eigenvalue weighted by atomic mass is 10.3. The van der Waals surface area contributed by atoms with Crippen LogP contribution in [0.3, 0.4) is 0 Å². The molecule has 0 amide bonds. The van der Waals surface area contributed by atoms with E-state index in [0.717, 1.165) is 6.20 Å². The average molecular weight is 275 g/mol. The second kappa shape index (κ2) is 5.74. The minimum Gasteiger partial charge on any atom is -0.369 e. The van der Waals surface area contributed by atoms with Crippen LogP contribution in [0.5, 0.6) is 0 Å². The first kappa shape index (κ1) is 13.4. The highest BCUT2D eigenvalue weighted by Crippen LogP contribution is 2.14. The van der Waals surface area contributed by atoms with Crippen LogP contribution in [0, 0.1) is 15.9 Å². The summed E-state index contributed by atoms with van der Waals surface area (Å²) in [5.74, 6) is -0.0937. The van der Waals surface area contributed by atoms with Gasteiger partial charge in [0.25, 0.3) is 5.69 Å². The van der Waals surface area contributed by atoms with Crippen LogP contribution < -0.4 is 11.1 Å². The zero-order valence-corrected chi connectivity index (χ0v) is 10.2. The average Bonchev–Trinajstić information content (AvgIpc) is 2.42. The Bertz CT molecular complexity index is 640. The summed E-state index contributed by atoms with van der Waals surface area (Å²) in [7, 11) is 0. The first-order valence-corrected chi connectivity index (χ1v) is 5.52. The van der Waals surface area contributed by atoms with Gasteiger partial charge in [0.15, 0.2) is 11.8 Å². The quantitative estimate of drug-likeness (QED) is 0.386. The van der Waals surface area contributed by atoms with Crippen molar-refractivity contribution in [2.24, 2.45) is 10.7 Å². The monoisotopic (exact) mass is 275 g/mol. The van der Waals surface area contributed by atoms with Crippen molar-refractivity contribution < 1.29 is 9.31 Å². The summed E-state index contributed by atoms with van der Waals surface area (Å²) < 4.78 is 12.7. The maximum Gasteiger partial charge on any atom is 0.287 e. The fraction of sp³-hybridized carbons (Fsp3) is 0. The molecule has 0 radical (unpaired) electrons. The van der Waals surface area contributed by atoms with Crippen LogP contribution >= 0.6 is 0 Å². The number of nitrogens with one attached hydrogen (secondary N) is 1. The number of hydrogen-bond acceptors (Lipinski definition) is 4. The minimum atomic E-state index is -0.555. The Balaban J connectivity index is 2.09. The molecule has 1 aromatic carbocycles. The first-order chi connectivity index (χ1) is 9.54. The van der Waals surface area contributed by atoms with Crippen molar-refractivity contribution in [3.63, 3.8) is 0 Å². The standard InChI is InChI=1S/C12H10FN5O2/c13-8-1-3-9(4-2-8)16-12(14)17-11-6-5-10(7-15-11)18(19)20/h1-7H,(H3,14,15,16,17). The van der Waals surface area contributed by atoms with Gasteiger partial charge in [0.1, 0.15) is 12.0 Å². The maximum absolute atomic E-state index is 12.7. The molecule has 0 fully saturated rings. The molecule has 1 aromatic heterocycles. The number of nitro groups is 1. The highest BCUT2D eigenvalue weighted by molar-refractivity contribution is 5.93. The molecule has 7 nitrogen and oxygen atoms in total. The first-order valence-electron chi connectivity index (χ1n) is 5.52. The Morgan fingerprint density at radius 2 is 2.00 bits per heavy atom. The van der Waals surface area contributed by atoms with Gasteiger partial charge in [-0.15, -0.1) is 0 Å². The molecular weight excluding hydrogens is 265 g/mol. The molecule has 102 valence electrons. The Hall–Kier alpha value is -3.03. The normalized spacial score (nSPS) is 11.2. The minimum absolute atomic E-state index is 0.0398. The SMILES string of the molecule is NC(=Nc1ccc([N+](=O)[O-])cn1)Nc1ccc(F)cc1. The van der Waals surface area contributed by atoms with E-state index in [0.29, 0.717) is 5.69 Å². The van der Waals surface area contributed by atoms with E-state index in [2.05, 4.69) is 15.3 Å². The Labute approximate surface area is 113 Å². The number of nitrogens with two attached hydrogens (primary N) is 1. The van der Waals surface area contributed by atoms with Crippen LogP contribution in [-0.4, -0.2) is 15.9 Å². The maximum atomic E-state index is 12.7. The van der Waals surface area contributed by atoms with E-state index in [1.54, 1.807) is 0 Å². The van der Waals surface area contributed by atoms with Crippen LogP contribution in [-0.2, 0) is 0 Å². The van der Waals surface area contributed by atoms with E-state index in [1.165, 1.54) is 36.4 Å². The predicted octanol–water partition coefficient (Wildman–Crippen LogP) is 2.19. The molecule has 0 saturated heterocycles. The summed E-state index contributed by atoms with van der Waals surface area (Å²) in [4.78, 5) is 17.6. The Kier molecular flexibility index (Phi) is 3.85. The van der Waals surface area contributed by atoms with E-state index in [9.17, 15) is 14.5 Å². The third-order valence-electron chi connectivity index (χ3n) is 2.29. The van der Waals surface area contributed by atoms with E-state index in [-0.39, 0.29) is 23.3 Å². The highest BCUT2D eigenvalue weighted by Gasteiger charge is 2.05. The van der Waals surface area contributed by atoms with Gasteiger partial charge in [-0.1, -0.05) is 0 Å². The highest BCUT2D eigenvalue weighted by atomic mass is 19.1. The van der Waals surface area contributed by atoms with Gasteiger partial charge in [-0.2, -0.15) is 4.99 Å². The number of benzene rings is 1. The molecule has 2 aromatic rings. The number of guanidine groups is 1. The summed E-state index contributed by atoms with van der Waals surface area (Å²) >= 11 is 0. The van der Waals surface area contributed by atoms with Crippen LogP contribution in [0.1, 0.15) is 0 Å². The molecule has 0 bridgehead atoms. The molecule has 0 atom stereocenters. The lowest BCUT2D eigenvalue weighted by Gasteiger charge is -2.04. The molecule has 2 rings (SSSR count). The van der Waals surface area contributed by atoms with Crippen molar-refractivity contribution in [3.05, 3.63) is 58.5 Å². The lowest BCUT2D eigenvalue weighted by molar-refractivity contribution is -0.385. The molecule has 0 aliphatic heterocycles. The molecule has 0 unspecified atom stereocenters. The third kappa shape index (κ3) is 3.48. The summed E-state index contributed by atoms with van der Waals surface area (Å²) in [6.45, 7) is 0. The summed E-state index contributed by atoms with van der Waals surface area (Å²) in [6, 6.07) is 8.20. The fourth-order valence-corrected chi connectivity index (χ4v) is 1.38. The fourth-order valence-electron chi connectivity index (χ4n) is 1.38. The van der Waals surface area contributed by atoms with Gasteiger partial charge in [-0.3, -0.25) is 10.1 Å². The second-order valence-electron chi connectivity index (χ2n) is 3.76. The van der Waals surface area contributed by atoms with Gasteiger partial charge in [0.2, 0.25) is 0 Å². The molecule has 8 heteroatoms. The van der Waals surface area contributed by atoms with Gasteiger partial charge in [0, 0.05) is 11.8 Å². The number of aliphatic imine (C=N–C) groups is 1. The van der Waals surface area contributed by atoms with Crippen LogP contribution in [0.2, 0.25) is 0 Å². The number of hydrogen-bond donors (Lipinski definition) is 2.